The predicted octanol–water partition coefficient (Wildman–Crippen LogP) is 6.29. The summed E-state index contributed by atoms with van der Waals surface area (Å²) in [6.07, 6.45) is 4.16. The molecule has 2 aliphatic rings. The Kier molecular flexibility index (Phi) is 6.29. The van der Waals surface area contributed by atoms with Gasteiger partial charge in [0.25, 0.3) is 0 Å². The van der Waals surface area contributed by atoms with E-state index < -0.39 is 11.7 Å². The summed E-state index contributed by atoms with van der Waals surface area (Å²) in [5.74, 6) is 1.43. The van der Waals surface area contributed by atoms with E-state index >= 15 is 0 Å². The van der Waals surface area contributed by atoms with Gasteiger partial charge in [0.2, 0.25) is 11.9 Å². The van der Waals surface area contributed by atoms with Gasteiger partial charge in [0.05, 0.1) is 11.8 Å². The van der Waals surface area contributed by atoms with Crippen molar-refractivity contribution in [2.24, 2.45) is 11.7 Å². The Morgan fingerprint density at radius 3 is 2.51 bits per heavy atom. The third-order valence-corrected chi connectivity index (χ3v) is 7.52. The molecule has 2 heterocycles. The first-order valence-electron chi connectivity index (χ1n) is 12.0. The first-order chi connectivity index (χ1) is 16.6. The number of alkyl halides is 3. The smallest absolute Gasteiger partial charge is 0.349 e. The lowest BCUT2D eigenvalue weighted by atomic mass is 9.79. The van der Waals surface area contributed by atoms with E-state index in [-0.39, 0.29) is 22.3 Å². The van der Waals surface area contributed by atoms with Crippen molar-refractivity contribution in [3.05, 3.63) is 35.0 Å². The third-order valence-electron chi connectivity index (χ3n) is 7.30. The van der Waals surface area contributed by atoms with Crippen LogP contribution in [-0.4, -0.2) is 31.6 Å². The fourth-order valence-corrected chi connectivity index (χ4v) is 5.32. The zero-order chi connectivity index (χ0) is 24.8. The van der Waals surface area contributed by atoms with Gasteiger partial charge in [-0.3, -0.25) is 4.57 Å². The number of nitrogens with one attached hydrogen (secondary N) is 2. The highest BCUT2D eigenvalue weighted by molar-refractivity contribution is 6.31. The molecule has 7 nitrogen and oxygen atoms in total. The molecule has 4 N–H and O–H groups in total. The van der Waals surface area contributed by atoms with Gasteiger partial charge in [-0.1, -0.05) is 11.6 Å². The van der Waals surface area contributed by atoms with E-state index in [9.17, 15) is 13.2 Å². The minimum absolute atomic E-state index is 0.00606. The van der Waals surface area contributed by atoms with Gasteiger partial charge < -0.3 is 16.4 Å². The van der Waals surface area contributed by atoms with Crippen LogP contribution in [0.3, 0.4) is 0 Å². The van der Waals surface area contributed by atoms with Gasteiger partial charge in [-0.05, 0) is 82.5 Å². The van der Waals surface area contributed by atoms with Crippen LogP contribution in [0.1, 0.15) is 63.5 Å². The predicted molar refractivity (Wildman–Crippen MR) is 131 cm³/mol. The van der Waals surface area contributed by atoms with Crippen molar-refractivity contribution in [1.29, 1.82) is 0 Å². The Labute approximate surface area is 206 Å². The Hall–Kier alpha value is -2.59. The first-order valence-corrected chi connectivity index (χ1v) is 12.4. The van der Waals surface area contributed by atoms with Gasteiger partial charge in [-0.15, -0.1) is 0 Å². The number of nitrogens with two attached hydrogens (primary N) is 1. The van der Waals surface area contributed by atoms with Crippen LogP contribution in [0.2, 0.25) is 5.02 Å². The third kappa shape index (κ3) is 5.04. The molecule has 0 spiro atoms. The van der Waals surface area contributed by atoms with Crippen molar-refractivity contribution in [2.75, 3.05) is 17.2 Å². The molecule has 1 aromatic carbocycles. The van der Waals surface area contributed by atoms with Crippen LogP contribution in [0.25, 0.3) is 11.2 Å². The summed E-state index contributed by atoms with van der Waals surface area (Å²) in [5.41, 5.74) is 6.49. The largest absolute Gasteiger partial charge is 0.416 e. The highest BCUT2D eigenvalue weighted by Crippen LogP contribution is 2.39. The first kappa shape index (κ1) is 24.1. The standard InChI is InChI=1S/C24H29ClF3N7/c1-23(7-2-8-23)34-21-30-13-19-20(33-21)35(18-5-3-14(12-29)4-6-18)22(32-19)31-17-10-15(24(26,27)28)9-16(25)11-17/h9-11,13-14,18H,2-8,12,29H2,1H3,(H,31,32)(H,30,33,34)/t14-,18-. The monoisotopic (exact) mass is 507 g/mol. The van der Waals surface area contributed by atoms with Crippen LogP contribution < -0.4 is 16.4 Å². The number of nitrogens with zero attached hydrogens (tertiary/aromatic N) is 4. The Bertz CT molecular complexity index is 1210. The van der Waals surface area contributed by atoms with Crippen LogP contribution in [-0.2, 0) is 6.18 Å². The number of hydrogen-bond donors (Lipinski definition) is 3. The number of rotatable bonds is 6. The Balaban J connectivity index is 1.54. The highest BCUT2D eigenvalue weighted by Gasteiger charge is 2.33. The number of benzene rings is 1. The molecule has 35 heavy (non-hydrogen) atoms. The quantitative estimate of drug-likeness (QED) is 0.363. The van der Waals surface area contributed by atoms with Gasteiger partial charge in [0.1, 0.15) is 5.52 Å². The number of aromatic nitrogens is 4. The van der Waals surface area contributed by atoms with E-state index in [1.54, 1.807) is 6.20 Å². The number of fused-ring (bicyclic) bond motifs is 1. The molecule has 0 bridgehead atoms. The van der Waals surface area contributed by atoms with Crippen LogP contribution >= 0.6 is 11.6 Å². The molecule has 2 saturated carbocycles. The van der Waals surface area contributed by atoms with Crippen molar-refractivity contribution >= 4 is 40.3 Å². The van der Waals surface area contributed by atoms with Crippen LogP contribution in [0.5, 0.6) is 0 Å². The SMILES string of the molecule is CC1(Nc2ncc3nc(Nc4cc(Cl)cc(C(F)(F)F)c4)n([C@H]4CC[C@H](CN)CC4)c3n2)CCC1. The second kappa shape index (κ2) is 9.13. The maximum Gasteiger partial charge on any atom is 0.416 e. The zero-order valence-corrected chi connectivity index (χ0v) is 20.3. The highest BCUT2D eigenvalue weighted by atomic mass is 35.5. The summed E-state index contributed by atoms with van der Waals surface area (Å²) in [6, 6.07) is 3.50. The second-order valence-corrected chi connectivity index (χ2v) is 10.4. The maximum atomic E-state index is 13.4. The van der Waals surface area contributed by atoms with Gasteiger partial charge in [0, 0.05) is 22.3 Å². The molecule has 0 radical (unpaired) electrons. The second-order valence-electron chi connectivity index (χ2n) is 10.0. The maximum absolute atomic E-state index is 13.4. The fourth-order valence-electron chi connectivity index (χ4n) is 5.08. The van der Waals surface area contributed by atoms with Crippen molar-refractivity contribution < 1.29 is 13.2 Å². The average molecular weight is 508 g/mol. The van der Waals surface area contributed by atoms with Gasteiger partial charge in [0.15, 0.2) is 5.65 Å². The normalized spacial score (nSPS) is 22.1. The molecule has 3 aromatic rings. The van der Waals surface area contributed by atoms with Gasteiger partial charge >= 0.3 is 6.18 Å². The lowest BCUT2D eigenvalue weighted by molar-refractivity contribution is -0.137. The summed E-state index contributed by atoms with van der Waals surface area (Å²) in [6.45, 7) is 2.81. The Morgan fingerprint density at radius 1 is 1.14 bits per heavy atom. The number of anilines is 3. The molecule has 0 saturated heterocycles. The molecule has 0 atom stereocenters. The lowest BCUT2D eigenvalue weighted by Crippen LogP contribution is -2.42. The van der Waals surface area contributed by atoms with Crippen LogP contribution in [0.4, 0.5) is 30.8 Å². The average Bonchev–Trinajstić information content (AvgIpc) is 3.14. The zero-order valence-electron chi connectivity index (χ0n) is 19.5. The minimum Gasteiger partial charge on any atom is -0.349 e. The molecular formula is C24H29ClF3N7. The summed E-state index contributed by atoms with van der Waals surface area (Å²) >= 11 is 6.01. The van der Waals surface area contributed by atoms with E-state index in [2.05, 4.69) is 27.5 Å². The molecule has 2 fully saturated rings. The number of hydrogen-bond acceptors (Lipinski definition) is 6. The summed E-state index contributed by atoms with van der Waals surface area (Å²) < 4.78 is 42.1. The molecule has 0 aliphatic heterocycles. The molecule has 0 amide bonds. The summed E-state index contributed by atoms with van der Waals surface area (Å²) in [5, 5.41) is 6.52. The molecule has 0 unspecified atom stereocenters. The molecule has 5 rings (SSSR count). The van der Waals surface area contributed by atoms with Gasteiger partial charge in [-0.2, -0.15) is 18.2 Å². The number of halogens is 4. The molecular weight excluding hydrogens is 479 g/mol. The van der Waals surface area contributed by atoms with E-state index in [0.717, 1.165) is 50.7 Å². The van der Waals surface area contributed by atoms with Crippen molar-refractivity contribution in [3.63, 3.8) is 0 Å². The molecule has 2 aliphatic carbocycles. The molecule has 2 aromatic heterocycles. The Morgan fingerprint density at radius 2 is 1.89 bits per heavy atom. The van der Waals surface area contributed by atoms with E-state index in [4.69, 9.17) is 22.3 Å². The van der Waals surface area contributed by atoms with E-state index in [0.29, 0.717) is 35.5 Å². The van der Waals surface area contributed by atoms with Crippen molar-refractivity contribution in [2.45, 2.75) is 69.6 Å². The molecule has 11 heteroatoms. The van der Waals surface area contributed by atoms with Crippen molar-refractivity contribution in [1.82, 2.24) is 19.5 Å². The molecule has 188 valence electrons. The van der Waals surface area contributed by atoms with Gasteiger partial charge in [-0.25, -0.2) is 9.97 Å². The van der Waals surface area contributed by atoms with E-state index in [1.807, 2.05) is 4.57 Å². The summed E-state index contributed by atoms with van der Waals surface area (Å²) in [4.78, 5) is 13.9. The van der Waals surface area contributed by atoms with Crippen molar-refractivity contribution in [3.8, 4) is 0 Å². The topological polar surface area (TPSA) is 93.7 Å². The van der Waals surface area contributed by atoms with Crippen LogP contribution in [0.15, 0.2) is 24.4 Å². The number of imidazole rings is 1. The fraction of sp³-hybridized carbons (Fsp3) is 0.542. The minimum atomic E-state index is -4.51. The van der Waals surface area contributed by atoms with E-state index in [1.165, 1.54) is 12.5 Å². The van der Waals surface area contributed by atoms with Crippen LogP contribution in [0, 0.1) is 5.92 Å². The lowest BCUT2D eigenvalue weighted by Gasteiger charge is -2.39. The summed E-state index contributed by atoms with van der Waals surface area (Å²) in [7, 11) is 0.